The van der Waals surface area contributed by atoms with E-state index in [1.165, 1.54) is 12.1 Å². The van der Waals surface area contributed by atoms with Gasteiger partial charge in [-0.25, -0.2) is 9.37 Å². The molecule has 1 fully saturated rings. The molecule has 0 bridgehead atoms. The Morgan fingerprint density at radius 1 is 1.50 bits per heavy atom. The van der Waals surface area contributed by atoms with Gasteiger partial charge in [-0.2, -0.15) is 0 Å². The molecule has 5 heteroatoms. The molecule has 1 heterocycles. The molecule has 1 aromatic heterocycles. The van der Waals surface area contributed by atoms with Gasteiger partial charge in [-0.15, -0.1) is 6.58 Å². The van der Waals surface area contributed by atoms with Crippen LogP contribution in [0.1, 0.15) is 24.6 Å². The van der Waals surface area contributed by atoms with E-state index < -0.39 is 0 Å². The SMILES string of the molecule is C=CCn1c(C2CC2)nc(-c2cc(F)ccc2Br)c1N. The molecule has 0 saturated heterocycles. The van der Waals surface area contributed by atoms with Crippen LogP contribution in [0, 0.1) is 5.82 Å². The van der Waals surface area contributed by atoms with Gasteiger partial charge < -0.3 is 10.3 Å². The number of hydrogen-bond acceptors (Lipinski definition) is 2. The van der Waals surface area contributed by atoms with Crippen molar-refractivity contribution in [3.05, 3.63) is 47.0 Å². The fourth-order valence-corrected chi connectivity index (χ4v) is 2.77. The number of allylic oxidation sites excluding steroid dienone is 1. The van der Waals surface area contributed by atoms with Crippen LogP contribution in [0.3, 0.4) is 0 Å². The van der Waals surface area contributed by atoms with Gasteiger partial charge in [0.15, 0.2) is 0 Å². The zero-order valence-electron chi connectivity index (χ0n) is 10.9. The van der Waals surface area contributed by atoms with Gasteiger partial charge in [0, 0.05) is 22.5 Å². The minimum absolute atomic E-state index is 0.297. The van der Waals surface area contributed by atoms with Gasteiger partial charge in [-0.05, 0) is 31.0 Å². The molecule has 20 heavy (non-hydrogen) atoms. The van der Waals surface area contributed by atoms with Gasteiger partial charge >= 0.3 is 0 Å². The molecule has 3 rings (SSSR count). The summed E-state index contributed by atoms with van der Waals surface area (Å²) in [4.78, 5) is 4.66. The van der Waals surface area contributed by atoms with Crippen molar-refractivity contribution in [1.82, 2.24) is 9.55 Å². The van der Waals surface area contributed by atoms with Gasteiger partial charge in [0.05, 0.1) is 0 Å². The highest BCUT2D eigenvalue weighted by molar-refractivity contribution is 9.10. The van der Waals surface area contributed by atoms with E-state index in [4.69, 9.17) is 5.73 Å². The topological polar surface area (TPSA) is 43.8 Å². The van der Waals surface area contributed by atoms with Gasteiger partial charge in [-0.1, -0.05) is 22.0 Å². The lowest BCUT2D eigenvalue weighted by molar-refractivity contribution is 0.628. The van der Waals surface area contributed by atoms with E-state index >= 15 is 0 Å². The van der Waals surface area contributed by atoms with Crippen LogP contribution < -0.4 is 5.73 Å². The minimum Gasteiger partial charge on any atom is -0.383 e. The zero-order chi connectivity index (χ0) is 14.3. The number of anilines is 1. The fourth-order valence-electron chi connectivity index (χ4n) is 2.33. The Kier molecular flexibility index (Phi) is 3.38. The molecule has 0 radical (unpaired) electrons. The summed E-state index contributed by atoms with van der Waals surface area (Å²) in [5, 5.41) is 0. The van der Waals surface area contributed by atoms with E-state index in [-0.39, 0.29) is 5.82 Å². The number of imidazole rings is 1. The highest BCUT2D eigenvalue weighted by atomic mass is 79.9. The monoisotopic (exact) mass is 335 g/mol. The number of nitrogens with two attached hydrogens (primary N) is 1. The standard InChI is InChI=1S/C15H15BrFN3/c1-2-7-20-14(18)13(19-15(20)9-3-4-9)11-8-10(17)5-6-12(11)16/h2,5-6,8-9H,1,3-4,7,18H2. The number of aromatic nitrogens is 2. The molecule has 1 saturated carbocycles. The summed E-state index contributed by atoms with van der Waals surface area (Å²) in [7, 11) is 0. The van der Waals surface area contributed by atoms with Crippen LogP contribution in [-0.4, -0.2) is 9.55 Å². The van der Waals surface area contributed by atoms with Crippen molar-refractivity contribution in [3.63, 3.8) is 0 Å². The number of benzene rings is 1. The Morgan fingerprint density at radius 2 is 2.25 bits per heavy atom. The Bertz CT molecular complexity index is 674. The summed E-state index contributed by atoms with van der Waals surface area (Å²) in [5.41, 5.74) is 7.54. The van der Waals surface area contributed by atoms with Crippen LogP contribution >= 0.6 is 15.9 Å². The maximum absolute atomic E-state index is 13.5. The second-order valence-corrected chi connectivity index (χ2v) is 5.86. The van der Waals surface area contributed by atoms with Crippen molar-refractivity contribution in [2.75, 3.05) is 5.73 Å². The van der Waals surface area contributed by atoms with Crippen LogP contribution in [-0.2, 0) is 6.54 Å². The summed E-state index contributed by atoms with van der Waals surface area (Å²) >= 11 is 3.44. The first kappa shape index (κ1) is 13.4. The third-order valence-electron chi connectivity index (χ3n) is 3.47. The normalized spacial score (nSPS) is 14.5. The van der Waals surface area contributed by atoms with E-state index in [0.717, 1.165) is 23.1 Å². The van der Waals surface area contributed by atoms with Gasteiger partial charge in [0.25, 0.3) is 0 Å². The lowest BCUT2D eigenvalue weighted by Gasteiger charge is -2.06. The highest BCUT2D eigenvalue weighted by Gasteiger charge is 2.31. The van der Waals surface area contributed by atoms with Gasteiger partial charge in [0.2, 0.25) is 0 Å². The molecule has 3 nitrogen and oxygen atoms in total. The second kappa shape index (κ2) is 5.05. The van der Waals surface area contributed by atoms with Crippen molar-refractivity contribution in [1.29, 1.82) is 0 Å². The average molecular weight is 336 g/mol. The fraction of sp³-hybridized carbons (Fsp3) is 0.267. The van der Waals surface area contributed by atoms with Crippen LogP contribution in [0.25, 0.3) is 11.3 Å². The number of halogens is 2. The zero-order valence-corrected chi connectivity index (χ0v) is 12.5. The predicted molar refractivity (Wildman–Crippen MR) is 81.9 cm³/mol. The molecule has 0 unspecified atom stereocenters. The molecule has 0 atom stereocenters. The number of nitrogen functional groups attached to an aromatic ring is 1. The Morgan fingerprint density at radius 3 is 2.90 bits per heavy atom. The Hall–Kier alpha value is -1.62. The van der Waals surface area contributed by atoms with Crippen LogP contribution in [0.2, 0.25) is 0 Å². The molecule has 104 valence electrons. The van der Waals surface area contributed by atoms with Crippen LogP contribution in [0.15, 0.2) is 35.3 Å². The first-order valence-electron chi connectivity index (χ1n) is 6.54. The molecular weight excluding hydrogens is 321 g/mol. The summed E-state index contributed by atoms with van der Waals surface area (Å²) in [6, 6.07) is 4.54. The lowest BCUT2D eigenvalue weighted by Crippen LogP contribution is -2.05. The third kappa shape index (κ3) is 2.26. The minimum atomic E-state index is -0.297. The molecule has 0 aliphatic heterocycles. The number of rotatable bonds is 4. The Labute approximate surface area is 125 Å². The summed E-state index contributed by atoms with van der Waals surface area (Å²) < 4.78 is 16.2. The van der Waals surface area contributed by atoms with Gasteiger partial charge in [0.1, 0.15) is 23.2 Å². The van der Waals surface area contributed by atoms with E-state index in [1.807, 2.05) is 4.57 Å². The molecular formula is C15H15BrFN3. The molecule has 0 amide bonds. The van der Waals surface area contributed by atoms with Crippen LogP contribution in [0.5, 0.6) is 0 Å². The summed E-state index contributed by atoms with van der Waals surface area (Å²) in [6.07, 6.45) is 4.07. The van der Waals surface area contributed by atoms with E-state index in [9.17, 15) is 4.39 Å². The molecule has 1 aliphatic rings. The van der Waals surface area contributed by atoms with Crippen molar-refractivity contribution in [2.45, 2.75) is 25.3 Å². The van der Waals surface area contributed by atoms with Gasteiger partial charge in [-0.3, -0.25) is 0 Å². The maximum atomic E-state index is 13.5. The first-order chi connectivity index (χ1) is 9.61. The van der Waals surface area contributed by atoms with E-state index in [2.05, 4.69) is 27.5 Å². The molecule has 2 N–H and O–H groups in total. The smallest absolute Gasteiger partial charge is 0.132 e. The van der Waals surface area contributed by atoms with Crippen molar-refractivity contribution in [2.24, 2.45) is 0 Å². The predicted octanol–water partition coefficient (Wildman–Crippen LogP) is 4.10. The quantitative estimate of drug-likeness (QED) is 0.855. The summed E-state index contributed by atoms with van der Waals surface area (Å²) in [6.45, 7) is 4.38. The maximum Gasteiger partial charge on any atom is 0.132 e. The molecule has 1 aromatic carbocycles. The molecule has 2 aromatic rings. The van der Waals surface area contributed by atoms with E-state index in [0.29, 0.717) is 29.5 Å². The molecule has 0 spiro atoms. The Balaban J connectivity index is 2.16. The van der Waals surface area contributed by atoms with Crippen molar-refractivity contribution in [3.8, 4) is 11.3 Å². The first-order valence-corrected chi connectivity index (χ1v) is 7.33. The third-order valence-corrected chi connectivity index (χ3v) is 4.17. The van der Waals surface area contributed by atoms with Crippen molar-refractivity contribution >= 4 is 21.7 Å². The van der Waals surface area contributed by atoms with Crippen molar-refractivity contribution < 1.29 is 4.39 Å². The van der Waals surface area contributed by atoms with Crippen LogP contribution in [0.4, 0.5) is 10.2 Å². The van der Waals surface area contributed by atoms with E-state index in [1.54, 1.807) is 12.1 Å². The largest absolute Gasteiger partial charge is 0.383 e. The average Bonchev–Trinajstić information content (AvgIpc) is 3.21. The highest BCUT2D eigenvalue weighted by Crippen LogP contribution is 2.43. The second-order valence-electron chi connectivity index (χ2n) is 5.00. The summed E-state index contributed by atoms with van der Waals surface area (Å²) in [5.74, 6) is 1.72. The molecule has 1 aliphatic carbocycles. The number of hydrogen-bond donors (Lipinski definition) is 1. The lowest BCUT2D eigenvalue weighted by atomic mass is 10.1. The number of nitrogens with zero attached hydrogens (tertiary/aromatic N) is 2.